The van der Waals surface area contributed by atoms with E-state index in [0.29, 0.717) is 23.4 Å². The standard InChI is InChI=1S/C17H22N4O3/c1-11(2)8-14(17(24)20-15-6-7-18-21-15)19-16(23)13-5-3-4-12(9-13)10-22/h3-7,9,11,14,22H,8,10H2,1-2H3,(H,19,23)(H2,18,20,21,24). The molecule has 0 saturated heterocycles. The van der Waals surface area contributed by atoms with Gasteiger partial charge in [0.25, 0.3) is 5.91 Å². The van der Waals surface area contributed by atoms with E-state index in [0.717, 1.165) is 0 Å². The molecule has 24 heavy (non-hydrogen) atoms. The Hall–Kier alpha value is -2.67. The fourth-order valence-electron chi connectivity index (χ4n) is 2.30. The molecule has 0 bridgehead atoms. The first kappa shape index (κ1) is 17.7. The van der Waals surface area contributed by atoms with Crippen molar-refractivity contribution in [3.63, 3.8) is 0 Å². The van der Waals surface area contributed by atoms with Crippen molar-refractivity contribution in [2.24, 2.45) is 5.92 Å². The predicted octanol–water partition coefficient (Wildman–Crippen LogP) is 1.69. The van der Waals surface area contributed by atoms with Crippen molar-refractivity contribution in [2.75, 3.05) is 5.32 Å². The number of nitrogens with one attached hydrogen (secondary N) is 3. The van der Waals surface area contributed by atoms with Crippen molar-refractivity contribution >= 4 is 17.6 Å². The number of nitrogens with zero attached hydrogens (tertiary/aromatic N) is 1. The number of benzene rings is 1. The molecule has 128 valence electrons. The van der Waals surface area contributed by atoms with Crippen LogP contribution < -0.4 is 10.6 Å². The van der Waals surface area contributed by atoms with Crippen LogP contribution in [0.5, 0.6) is 0 Å². The molecule has 0 radical (unpaired) electrons. The zero-order chi connectivity index (χ0) is 17.5. The van der Waals surface area contributed by atoms with E-state index in [2.05, 4.69) is 20.8 Å². The molecule has 0 fully saturated rings. The van der Waals surface area contributed by atoms with E-state index in [1.165, 1.54) is 6.20 Å². The molecule has 2 amide bonds. The molecule has 0 saturated carbocycles. The number of rotatable bonds is 7. The summed E-state index contributed by atoms with van der Waals surface area (Å²) in [4.78, 5) is 24.8. The second kappa shape index (κ2) is 8.26. The highest BCUT2D eigenvalue weighted by molar-refractivity contribution is 6.00. The quantitative estimate of drug-likeness (QED) is 0.619. The number of aliphatic hydroxyl groups excluding tert-OH is 1. The van der Waals surface area contributed by atoms with Crippen LogP contribution >= 0.6 is 0 Å². The van der Waals surface area contributed by atoms with Crippen molar-refractivity contribution in [3.05, 3.63) is 47.7 Å². The zero-order valence-electron chi connectivity index (χ0n) is 13.7. The Labute approximate surface area is 140 Å². The molecule has 1 unspecified atom stereocenters. The number of carbonyl (C=O) groups excluding carboxylic acids is 2. The summed E-state index contributed by atoms with van der Waals surface area (Å²) < 4.78 is 0. The molecule has 0 aliphatic rings. The fraction of sp³-hybridized carbons (Fsp3) is 0.353. The highest BCUT2D eigenvalue weighted by atomic mass is 16.3. The molecular formula is C17H22N4O3. The second-order valence-corrected chi connectivity index (χ2v) is 5.97. The third kappa shape index (κ3) is 4.92. The molecule has 2 aromatic rings. The van der Waals surface area contributed by atoms with Gasteiger partial charge < -0.3 is 15.7 Å². The monoisotopic (exact) mass is 330 g/mol. The van der Waals surface area contributed by atoms with Gasteiger partial charge in [-0.2, -0.15) is 5.10 Å². The van der Waals surface area contributed by atoms with Crippen molar-refractivity contribution in [1.82, 2.24) is 15.5 Å². The first-order chi connectivity index (χ1) is 11.5. The molecule has 0 aliphatic carbocycles. The Bertz CT molecular complexity index is 683. The summed E-state index contributed by atoms with van der Waals surface area (Å²) in [7, 11) is 0. The Balaban J connectivity index is 2.09. The van der Waals surface area contributed by atoms with Crippen molar-refractivity contribution in [3.8, 4) is 0 Å². The Morgan fingerprint density at radius 3 is 2.71 bits per heavy atom. The number of carbonyl (C=O) groups is 2. The summed E-state index contributed by atoms with van der Waals surface area (Å²) in [5.74, 6) is 0.0483. The van der Waals surface area contributed by atoms with Gasteiger partial charge in [-0.05, 0) is 30.0 Å². The van der Waals surface area contributed by atoms with Gasteiger partial charge in [-0.3, -0.25) is 14.7 Å². The fourth-order valence-corrected chi connectivity index (χ4v) is 2.30. The van der Waals surface area contributed by atoms with Crippen LogP contribution in [0.2, 0.25) is 0 Å². The van der Waals surface area contributed by atoms with Crippen molar-refractivity contribution < 1.29 is 14.7 Å². The van der Waals surface area contributed by atoms with Crippen molar-refractivity contribution in [2.45, 2.75) is 32.9 Å². The highest BCUT2D eigenvalue weighted by Crippen LogP contribution is 2.10. The average Bonchev–Trinajstić information content (AvgIpc) is 3.06. The van der Waals surface area contributed by atoms with Crippen LogP contribution in [0.4, 0.5) is 5.82 Å². The van der Waals surface area contributed by atoms with Crippen LogP contribution in [0.1, 0.15) is 36.2 Å². The van der Waals surface area contributed by atoms with Crippen LogP contribution in [-0.2, 0) is 11.4 Å². The highest BCUT2D eigenvalue weighted by Gasteiger charge is 2.23. The smallest absolute Gasteiger partial charge is 0.251 e. The lowest BCUT2D eigenvalue weighted by molar-refractivity contribution is -0.118. The van der Waals surface area contributed by atoms with Crippen LogP contribution in [0.3, 0.4) is 0 Å². The summed E-state index contributed by atoms with van der Waals surface area (Å²) in [6, 6.07) is 7.65. The SMILES string of the molecule is CC(C)CC(NC(=O)c1cccc(CO)c1)C(=O)Nc1ccn[nH]1. The molecule has 1 aromatic carbocycles. The number of hydrogen-bond acceptors (Lipinski definition) is 4. The van der Waals surface area contributed by atoms with E-state index < -0.39 is 6.04 Å². The maximum Gasteiger partial charge on any atom is 0.251 e. The Morgan fingerprint density at radius 1 is 1.29 bits per heavy atom. The lowest BCUT2D eigenvalue weighted by Crippen LogP contribution is -2.44. The third-order valence-electron chi connectivity index (χ3n) is 3.46. The number of amides is 2. The molecular weight excluding hydrogens is 308 g/mol. The number of anilines is 1. The number of hydrogen-bond donors (Lipinski definition) is 4. The molecule has 2 rings (SSSR count). The molecule has 0 spiro atoms. The molecule has 1 atom stereocenters. The number of aromatic amines is 1. The predicted molar refractivity (Wildman–Crippen MR) is 90.3 cm³/mol. The molecule has 0 aliphatic heterocycles. The van der Waals surface area contributed by atoms with Gasteiger partial charge in [0.1, 0.15) is 11.9 Å². The largest absolute Gasteiger partial charge is 0.392 e. The summed E-state index contributed by atoms with van der Waals surface area (Å²) in [5.41, 5.74) is 1.05. The van der Waals surface area contributed by atoms with E-state index in [-0.39, 0.29) is 24.3 Å². The van der Waals surface area contributed by atoms with Crippen LogP contribution in [0.25, 0.3) is 0 Å². The third-order valence-corrected chi connectivity index (χ3v) is 3.46. The zero-order valence-corrected chi connectivity index (χ0v) is 13.7. The van der Waals surface area contributed by atoms with Crippen LogP contribution in [-0.4, -0.2) is 33.2 Å². The number of aliphatic hydroxyl groups is 1. The van der Waals surface area contributed by atoms with Gasteiger partial charge in [0, 0.05) is 11.6 Å². The summed E-state index contributed by atoms with van der Waals surface area (Å²) in [5, 5.41) is 21.1. The van der Waals surface area contributed by atoms with E-state index in [1.54, 1.807) is 30.3 Å². The van der Waals surface area contributed by atoms with E-state index in [9.17, 15) is 14.7 Å². The van der Waals surface area contributed by atoms with E-state index >= 15 is 0 Å². The van der Waals surface area contributed by atoms with Gasteiger partial charge in [-0.25, -0.2) is 0 Å². The minimum Gasteiger partial charge on any atom is -0.392 e. The van der Waals surface area contributed by atoms with E-state index in [4.69, 9.17) is 0 Å². The first-order valence-corrected chi connectivity index (χ1v) is 7.80. The van der Waals surface area contributed by atoms with Crippen LogP contribution in [0, 0.1) is 5.92 Å². The summed E-state index contributed by atoms with van der Waals surface area (Å²) >= 11 is 0. The minimum absolute atomic E-state index is 0.142. The first-order valence-electron chi connectivity index (χ1n) is 7.80. The second-order valence-electron chi connectivity index (χ2n) is 5.97. The Kier molecular flexibility index (Phi) is 6.08. The van der Waals surface area contributed by atoms with Gasteiger partial charge in [-0.1, -0.05) is 26.0 Å². The maximum atomic E-state index is 12.4. The van der Waals surface area contributed by atoms with Gasteiger partial charge >= 0.3 is 0 Å². The minimum atomic E-state index is -0.668. The topological polar surface area (TPSA) is 107 Å². The molecule has 4 N–H and O–H groups in total. The Morgan fingerprint density at radius 2 is 2.08 bits per heavy atom. The van der Waals surface area contributed by atoms with Gasteiger partial charge in [0.2, 0.25) is 5.91 Å². The number of aromatic nitrogens is 2. The van der Waals surface area contributed by atoms with Gasteiger partial charge in [-0.15, -0.1) is 0 Å². The normalized spacial score (nSPS) is 12.0. The van der Waals surface area contributed by atoms with Gasteiger partial charge in [0.15, 0.2) is 0 Å². The molecule has 7 nitrogen and oxygen atoms in total. The summed E-state index contributed by atoms with van der Waals surface area (Å²) in [6.07, 6.45) is 2.04. The molecule has 7 heteroatoms. The lowest BCUT2D eigenvalue weighted by atomic mass is 10.0. The lowest BCUT2D eigenvalue weighted by Gasteiger charge is -2.20. The maximum absolute atomic E-state index is 12.4. The van der Waals surface area contributed by atoms with E-state index in [1.807, 2.05) is 13.8 Å². The average molecular weight is 330 g/mol. The van der Waals surface area contributed by atoms with Crippen LogP contribution in [0.15, 0.2) is 36.5 Å². The molecule has 1 aromatic heterocycles. The van der Waals surface area contributed by atoms with Crippen molar-refractivity contribution in [1.29, 1.82) is 0 Å². The molecule has 1 heterocycles. The summed E-state index contributed by atoms with van der Waals surface area (Å²) in [6.45, 7) is 3.82. The van der Waals surface area contributed by atoms with Gasteiger partial charge in [0.05, 0.1) is 12.8 Å². The number of H-pyrrole nitrogens is 1.